The van der Waals surface area contributed by atoms with Gasteiger partial charge in [0.25, 0.3) is 0 Å². The van der Waals surface area contributed by atoms with Crippen molar-refractivity contribution in [3.63, 3.8) is 0 Å². The number of benzene rings is 1. The molecule has 4 N–H and O–H groups in total. The van der Waals surface area contributed by atoms with Gasteiger partial charge in [-0.3, -0.25) is 0 Å². The lowest BCUT2D eigenvalue weighted by Crippen LogP contribution is -2.39. The van der Waals surface area contributed by atoms with E-state index in [2.05, 4.69) is 5.32 Å². The molecule has 0 amide bonds. The summed E-state index contributed by atoms with van der Waals surface area (Å²) in [5, 5.41) is 13.5. The van der Waals surface area contributed by atoms with Crippen LogP contribution in [0.1, 0.15) is 48.5 Å². The molecule has 0 aliphatic carbocycles. The zero-order valence-corrected chi connectivity index (χ0v) is 27.1. The molecule has 1 aromatic rings. The monoisotopic (exact) mass is 602 g/mol. The van der Waals surface area contributed by atoms with E-state index >= 15 is 0 Å². The van der Waals surface area contributed by atoms with Crippen LogP contribution in [0.5, 0.6) is 11.5 Å². The van der Waals surface area contributed by atoms with E-state index in [4.69, 9.17) is 43.6 Å². The van der Waals surface area contributed by atoms with Crippen molar-refractivity contribution >= 4 is 0 Å². The van der Waals surface area contributed by atoms with Gasteiger partial charge in [-0.2, -0.15) is 0 Å². The van der Waals surface area contributed by atoms with E-state index in [0.717, 1.165) is 5.75 Å². The third-order valence-corrected chi connectivity index (χ3v) is 6.03. The minimum Gasteiger partial charge on any atom is -0.497 e. The summed E-state index contributed by atoms with van der Waals surface area (Å²) >= 11 is 0. The van der Waals surface area contributed by atoms with E-state index < -0.39 is 6.10 Å². The van der Waals surface area contributed by atoms with Crippen LogP contribution >= 0.6 is 0 Å². The highest BCUT2D eigenvalue weighted by atomic mass is 16.6. The topological polar surface area (TPSA) is 132 Å². The first-order chi connectivity index (χ1) is 20.0. The van der Waals surface area contributed by atoms with Crippen molar-refractivity contribution in [1.82, 2.24) is 5.32 Å². The maximum Gasteiger partial charge on any atom is 0.119 e. The number of aliphatic hydroxyl groups excluding tert-OH is 1. The van der Waals surface area contributed by atoms with E-state index in [1.165, 1.54) is 0 Å². The van der Waals surface area contributed by atoms with Gasteiger partial charge in [-0.05, 0) is 72.7 Å². The molecule has 8 atom stereocenters. The zero-order valence-electron chi connectivity index (χ0n) is 27.1. The molecule has 0 saturated heterocycles. The Balaban J connectivity index is 2.07. The summed E-state index contributed by atoms with van der Waals surface area (Å²) < 4.78 is 45.6. The van der Waals surface area contributed by atoms with Crippen molar-refractivity contribution < 1.29 is 43.0 Å². The van der Waals surface area contributed by atoms with Crippen LogP contribution in [0.4, 0.5) is 0 Å². The molecule has 0 saturated carbocycles. The maximum atomic E-state index is 10.2. The normalized spacial score (nSPS) is 17.6. The van der Waals surface area contributed by atoms with Crippen LogP contribution in [0.15, 0.2) is 24.3 Å². The van der Waals surface area contributed by atoms with Gasteiger partial charge in [-0.15, -0.1) is 0 Å². The Bertz CT molecular complexity index is 771. The third kappa shape index (κ3) is 20.4. The molecule has 0 fully saturated rings. The third-order valence-electron chi connectivity index (χ3n) is 6.03. The summed E-state index contributed by atoms with van der Waals surface area (Å²) in [5.41, 5.74) is 5.68. The van der Waals surface area contributed by atoms with Crippen LogP contribution in [-0.2, 0) is 28.4 Å². The number of methoxy groups -OCH3 is 1. The number of hydrogen-bond donors (Lipinski definition) is 3. The van der Waals surface area contributed by atoms with E-state index in [0.29, 0.717) is 58.5 Å². The maximum absolute atomic E-state index is 10.2. The van der Waals surface area contributed by atoms with E-state index in [1.54, 1.807) is 7.11 Å². The number of aliphatic hydroxyl groups is 1. The average Bonchev–Trinajstić information content (AvgIpc) is 2.97. The minimum atomic E-state index is -0.639. The van der Waals surface area contributed by atoms with Gasteiger partial charge < -0.3 is 54.1 Å². The Morgan fingerprint density at radius 1 is 0.619 bits per heavy atom. The first-order valence-corrected chi connectivity index (χ1v) is 15.1. The number of nitrogens with two attached hydrogens (primary N) is 1. The van der Waals surface area contributed by atoms with Crippen LogP contribution in [-0.4, -0.2) is 120 Å². The molecule has 0 radical (unpaired) electrons. The lowest BCUT2D eigenvalue weighted by molar-refractivity contribution is -0.0999. The summed E-state index contributed by atoms with van der Waals surface area (Å²) in [4.78, 5) is 0. The molecular weight excluding hydrogens is 544 g/mol. The fourth-order valence-electron chi connectivity index (χ4n) is 3.49. The van der Waals surface area contributed by atoms with Crippen LogP contribution in [0, 0.1) is 0 Å². The molecule has 0 aliphatic rings. The molecule has 11 nitrogen and oxygen atoms in total. The number of rotatable bonds is 26. The molecule has 42 heavy (non-hydrogen) atoms. The van der Waals surface area contributed by atoms with E-state index in [1.807, 2.05) is 72.7 Å². The first kappa shape index (κ1) is 38.5. The van der Waals surface area contributed by atoms with Gasteiger partial charge in [-0.1, -0.05) is 0 Å². The summed E-state index contributed by atoms with van der Waals surface area (Å²) in [5.74, 6) is 1.44. The first-order valence-electron chi connectivity index (χ1n) is 15.1. The average molecular weight is 603 g/mol. The molecule has 8 unspecified atom stereocenters. The van der Waals surface area contributed by atoms with Gasteiger partial charge in [0.2, 0.25) is 0 Å². The smallest absolute Gasteiger partial charge is 0.119 e. The van der Waals surface area contributed by atoms with Crippen LogP contribution in [0.3, 0.4) is 0 Å². The number of ether oxygens (including phenoxy) is 8. The lowest BCUT2D eigenvalue weighted by atomic mass is 10.3. The van der Waals surface area contributed by atoms with Gasteiger partial charge >= 0.3 is 0 Å². The molecule has 246 valence electrons. The second kappa shape index (κ2) is 22.9. The van der Waals surface area contributed by atoms with Crippen LogP contribution < -0.4 is 20.5 Å². The van der Waals surface area contributed by atoms with Crippen LogP contribution in [0.2, 0.25) is 0 Å². The predicted octanol–water partition coefficient (Wildman–Crippen LogP) is 2.80. The molecule has 1 aromatic carbocycles. The molecule has 0 aliphatic heterocycles. The second-order valence-corrected chi connectivity index (χ2v) is 11.2. The van der Waals surface area contributed by atoms with Gasteiger partial charge in [0, 0.05) is 18.6 Å². The molecule has 0 heterocycles. The fourth-order valence-corrected chi connectivity index (χ4v) is 3.49. The van der Waals surface area contributed by atoms with Crippen molar-refractivity contribution in [2.75, 3.05) is 66.5 Å². The van der Waals surface area contributed by atoms with Crippen molar-refractivity contribution in [3.05, 3.63) is 24.3 Å². The van der Waals surface area contributed by atoms with Gasteiger partial charge in [-0.25, -0.2) is 0 Å². The summed E-state index contributed by atoms with van der Waals surface area (Å²) in [6.45, 7) is 17.8. The van der Waals surface area contributed by atoms with Crippen molar-refractivity contribution in [1.29, 1.82) is 0 Å². The van der Waals surface area contributed by atoms with Gasteiger partial charge in [0.1, 0.15) is 24.2 Å². The Labute approximate surface area is 253 Å². The van der Waals surface area contributed by atoms with Gasteiger partial charge in [0.05, 0.1) is 83.9 Å². The van der Waals surface area contributed by atoms with Crippen molar-refractivity contribution in [2.45, 2.75) is 97.2 Å². The summed E-state index contributed by atoms with van der Waals surface area (Å²) in [6.07, 6.45) is -0.924. The highest BCUT2D eigenvalue weighted by Gasteiger charge is 2.14. The molecular formula is C31H58N2O9. The molecule has 0 aromatic heterocycles. The standard InChI is InChI=1S/C31H58N2O9/c1-22(32)14-36-16-24(3)38-18-26(5)40-20-28(7)41-19-27(6)39-17-25(4)37-15-23(2)33-13-29(34)21-42-31-11-9-30(35-8)10-12-31/h9-12,22-29,33-34H,13-21,32H2,1-8H3. The highest BCUT2D eigenvalue weighted by molar-refractivity contribution is 5.31. The van der Waals surface area contributed by atoms with Crippen molar-refractivity contribution in [3.8, 4) is 11.5 Å². The molecule has 0 bridgehead atoms. The predicted molar refractivity (Wildman–Crippen MR) is 163 cm³/mol. The Hall–Kier alpha value is -1.54. The van der Waals surface area contributed by atoms with E-state index in [-0.39, 0.29) is 49.2 Å². The Kier molecular flexibility index (Phi) is 21.0. The minimum absolute atomic E-state index is 0.0170. The highest BCUT2D eigenvalue weighted by Crippen LogP contribution is 2.17. The Morgan fingerprint density at radius 3 is 1.50 bits per heavy atom. The summed E-state index contributed by atoms with van der Waals surface area (Å²) in [7, 11) is 1.62. The SMILES string of the molecule is COc1ccc(OCC(O)CNC(C)COC(C)COC(C)COC(C)COC(C)COC(C)COCC(C)N)cc1. The number of nitrogens with one attached hydrogen (secondary N) is 1. The van der Waals surface area contributed by atoms with Gasteiger partial charge in [0.15, 0.2) is 0 Å². The zero-order chi connectivity index (χ0) is 31.3. The van der Waals surface area contributed by atoms with E-state index in [9.17, 15) is 5.11 Å². The quantitative estimate of drug-likeness (QED) is 0.145. The largest absolute Gasteiger partial charge is 0.497 e. The molecule has 1 rings (SSSR count). The number of hydrogen-bond acceptors (Lipinski definition) is 11. The Morgan fingerprint density at radius 2 is 1.05 bits per heavy atom. The fraction of sp³-hybridized carbons (Fsp3) is 0.806. The second-order valence-electron chi connectivity index (χ2n) is 11.2. The lowest BCUT2D eigenvalue weighted by Gasteiger charge is -2.23. The molecule has 11 heteroatoms. The van der Waals surface area contributed by atoms with Crippen LogP contribution in [0.25, 0.3) is 0 Å². The molecule has 0 spiro atoms. The van der Waals surface area contributed by atoms with Crippen molar-refractivity contribution in [2.24, 2.45) is 5.73 Å². The summed E-state index contributed by atoms with van der Waals surface area (Å²) in [6, 6.07) is 7.34.